The molecular weight excluding hydrogens is 294 g/mol. The van der Waals surface area contributed by atoms with Gasteiger partial charge in [0.2, 0.25) is 11.8 Å². The Labute approximate surface area is 128 Å². The fraction of sp³-hybridized carbons (Fsp3) is 0.769. The van der Waals surface area contributed by atoms with Gasteiger partial charge in [-0.3, -0.25) is 14.5 Å². The molecule has 1 rings (SSSR count). The van der Waals surface area contributed by atoms with Crippen molar-refractivity contribution < 1.29 is 19.1 Å². The molecule has 120 valence electrons. The Morgan fingerprint density at radius 1 is 1.43 bits per heavy atom. The van der Waals surface area contributed by atoms with Gasteiger partial charge >= 0.3 is 6.09 Å². The summed E-state index contributed by atoms with van der Waals surface area (Å²) in [4.78, 5) is 36.9. The summed E-state index contributed by atoms with van der Waals surface area (Å²) in [5, 5.41) is 2.58. The molecule has 1 heterocycles. The van der Waals surface area contributed by atoms with Crippen LogP contribution in [0.3, 0.4) is 0 Å². The van der Waals surface area contributed by atoms with E-state index in [1.165, 1.54) is 16.7 Å². The summed E-state index contributed by atoms with van der Waals surface area (Å²) in [6, 6.07) is -1.36. The van der Waals surface area contributed by atoms with E-state index >= 15 is 0 Å². The number of amides is 3. The molecule has 0 aromatic carbocycles. The quantitative estimate of drug-likeness (QED) is 0.794. The molecule has 1 aliphatic heterocycles. The van der Waals surface area contributed by atoms with Crippen LogP contribution in [0.5, 0.6) is 0 Å². The molecule has 0 aliphatic carbocycles. The second-order valence-electron chi connectivity index (χ2n) is 5.84. The predicted octanol–water partition coefficient (Wildman–Crippen LogP) is 0.676. The molecule has 7 nitrogen and oxygen atoms in total. The van der Waals surface area contributed by atoms with Crippen LogP contribution in [-0.4, -0.2) is 52.1 Å². The molecule has 21 heavy (non-hydrogen) atoms. The van der Waals surface area contributed by atoms with Crippen molar-refractivity contribution in [3.8, 4) is 0 Å². The van der Waals surface area contributed by atoms with Gasteiger partial charge in [-0.25, -0.2) is 4.79 Å². The van der Waals surface area contributed by atoms with Crippen molar-refractivity contribution >= 4 is 29.7 Å². The average molecular weight is 317 g/mol. The molecule has 1 unspecified atom stereocenters. The number of nitrogens with zero attached hydrogens (tertiary/aromatic N) is 1. The van der Waals surface area contributed by atoms with E-state index in [1.807, 2.05) is 0 Å². The summed E-state index contributed by atoms with van der Waals surface area (Å²) in [5.74, 6) is -0.0995. The van der Waals surface area contributed by atoms with Gasteiger partial charge in [0.15, 0.2) is 0 Å². The first-order chi connectivity index (χ1) is 9.65. The molecular formula is C13H23N3O4S. The van der Waals surface area contributed by atoms with Gasteiger partial charge in [0, 0.05) is 5.75 Å². The summed E-state index contributed by atoms with van der Waals surface area (Å²) in [7, 11) is 0. The molecule has 1 saturated heterocycles. The highest BCUT2D eigenvalue weighted by atomic mass is 32.2. The van der Waals surface area contributed by atoms with Crippen molar-refractivity contribution in [2.45, 2.75) is 51.8 Å². The van der Waals surface area contributed by atoms with Crippen molar-refractivity contribution in [1.29, 1.82) is 0 Å². The third-order valence-electron chi connectivity index (χ3n) is 2.88. The fourth-order valence-electron chi connectivity index (χ4n) is 1.80. The maximum absolute atomic E-state index is 12.2. The first-order valence-corrected chi connectivity index (χ1v) is 7.98. The minimum Gasteiger partial charge on any atom is -0.444 e. The van der Waals surface area contributed by atoms with Crippen LogP contribution < -0.4 is 11.1 Å². The molecule has 8 heteroatoms. The van der Waals surface area contributed by atoms with Crippen LogP contribution in [0.1, 0.15) is 34.1 Å². The molecule has 0 spiro atoms. The summed E-state index contributed by atoms with van der Waals surface area (Å²) < 4.78 is 5.28. The number of rotatable bonds is 4. The first-order valence-electron chi connectivity index (χ1n) is 6.82. The first kappa shape index (κ1) is 17.6. The number of hydrogen-bond donors (Lipinski definition) is 2. The van der Waals surface area contributed by atoms with Crippen LogP contribution in [0.4, 0.5) is 4.79 Å². The lowest BCUT2D eigenvalue weighted by atomic mass is 10.2. The van der Waals surface area contributed by atoms with E-state index in [0.29, 0.717) is 18.1 Å². The Hall–Kier alpha value is -1.44. The lowest BCUT2D eigenvalue weighted by Crippen LogP contribution is -2.53. The minimum absolute atomic E-state index is 0.378. The van der Waals surface area contributed by atoms with Crippen LogP contribution in [0.15, 0.2) is 0 Å². The van der Waals surface area contributed by atoms with Crippen molar-refractivity contribution in [3.63, 3.8) is 0 Å². The number of hydrogen-bond acceptors (Lipinski definition) is 5. The summed E-state index contributed by atoms with van der Waals surface area (Å²) in [6.45, 7) is 7.06. The zero-order valence-corrected chi connectivity index (χ0v) is 13.7. The second-order valence-corrected chi connectivity index (χ2v) is 6.84. The highest BCUT2D eigenvalue weighted by Crippen LogP contribution is 2.23. The highest BCUT2D eigenvalue weighted by Gasteiger charge is 2.38. The molecule has 1 fully saturated rings. The van der Waals surface area contributed by atoms with E-state index in [9.17, 15) is 14.4 Å². The number of carbonyl (C=O) groups excluding carboxylic acids is 3. The van der Waals surface area contributed by atoms with Gasteiger partial charge in [0.1, 0.15) is 17.7 Å². The molecule has 1 aliphatic rings. The Kier molecular flexibility index (Phi) is 5.88. The summed E-state index contributed by atoms with van der Waals surface area (Å²) in [6.07, 6.45) is -0.118. The highest BCUT2D eigenvalue weighted by molar-refractivity contribution is 7.99. The molecule has 0 saturated carbocycles. The SMILES string of the molecule is CCC(NC(=O)[C@@H]1CSCN1C(=O)OC(C)(C)C)C(N)=O. The smallest absolute Gasteiger partial charge is 0.411 e. The van der Waals surface area contributed by atoms with E-state index in [0.717, 1.165) is 0 Å². The maximum atomic E-state index is 12.2. The van der Waals surface area contributed by atoms with Crippen molar-refractivity contribution in [1.82, 2.24) is 10.2 Å². The van der Waals surface area contributed by atoms with E-state index in [2.05, 4.69) is 5.32 Å². The van der Waals surface area contributed by atoms with Crippen molar-refractivity contribution in [3.05, 3.63) is 0 Å². The molecule has 0 aromatic rings. The molecule has 2 atom stereocenters. The molecule has 3 N–H and O–H groups in total. The second kappa shape index (κ2) is 7.02. The number of nitrogens with one attached hydrogen (secondary N) is 1. The fourth-order valence-corrected chi connectivity index (χ4v) is 2.94. The van der Waals surface area contributed by atoms with Gasteiger partial charge < -0.3 is 15.8 Å². The standard InChI is InChI=1S/C13H23N3O4S/c1-5-8(10(14)17)15-11(18)9-6-21-7-16(9)12(19)20-13(2,3)4/h8-9H,5-7H2,1-4H3,(H2,14,17)(H,15,18)/t8?,9-/m0/s1. The number of thioether (sulfide) groups is 1. The number of ether oxygens (including phenoxy) is 1. The lowest BCUT2D eigenvalue weighted by Gasteiger charge is -2.28. The van der Waals surface area contributed by atoms with E-state index in [4.69, 9.17) is 10.5 Å². The van der Waals surface area contributed by atoms with Crippen LogP contribution in [0, 0.1) is 0 Å². The van der Waals surface area contributed by atoms with Crippen molar-refractivity contribution in [2.75, 3.05) is 11.6 Å². The summed E-state index contributed by atoms with van der Waals surface area (Å²) >= 11 is 1.46. The number of primary amides is 1. The topological polar surface area (TPSA) is 102 Å². The van der Waals surface area contributed by atoms with Gasteiger partial charge in [-0.1, -0.05) is 6.92 Å². The van der Waals surface area contributed by atoms with Crippen LogP contribution in [0.25, 0.3) is 0 Å². The van der Waals surface area contributed by atoms with Crippen LogP contribution >= 0.6 is 11.8 Å². The number of carbonyl (C=O) groups is 3. The predicted molar refractivity (Wildman–Crippen MR) is 80.6 cm³/mol. The minimum atomic E-state index is -0.719. The largest absolute Gasteiger partial charge is 0.444 e. The Bertz CT molecular complexity index is 422. The average Bonchev–Trinajstić information content (AvgIpc) is 2.82. The normalized spacial score (nSPS) is 20.0. The zero-order chi connectivity index (χ0) is 16.2. The van der Waals surface area contributed by atoms with E-state index in [-0.39, 0.29) is 5.91 Å². The number of nitrogens with two attached hydrogens (primary N) is 1. The maximum Gasteiger partial charge on any atom is 0.411 e. The van der Waals surface area contributed by atoms with Crippen molar-refractivity contribution in [2.24, 2.45) is 5.73 Å². The third-order valence-corrected chi connectivity index (χ3v) is 3.89. The van der Waals surface area contributed by atoms with Crippen LogP contribution in [-0.2, 0) is 14.3 Å². The lowest BCUT2D eigenvalue weighted by molar-refractivity contribution is -0.129. The van der Waals surface area contributed by atoms with Crippen LogP contribution in [0.2, 0.25) is 0 Å². The third kappa shape index (κ3) is 5.11. The van der Waals surface area contributed by atoms with Gasteiger partial charge in [-0.2, -0.15) is 0 Å². The van der Waals surface area contributed by atoms with E-state index < -0.39 is 29.7 Å². The van der Waals surface area contributed by atoms with Gasteiger partial charge in [0.05, 0.1) is 5.88 Å². The molecule has 0 aromatic heterocycles. The Morgan fingerprint density at radius 2 is 2.05 bits per heavy atom. The molecule has 3 amide bonds. The zero-order valence-electron chi connectivity index (χ0n) is 12.8. The summed E-state index contributed by atoms with van der Waals surface area (Å²) in [5.41, 5.74) is 4.59. The molecule has 0 bridgehead atoms. The Morgan fingerprint density at radius 3 is 2.52 bits per heavy atom. The van der Waals surface area contributed by atoms with Gasteiger partial charge in [-0.05, 0) is 27.2 Å². The van der Waals surface area contributed by atoms with Gasteiger partial charge in [-0.15, -0.1) is 11.8 Å². The van der Waals surface area contributed by atoms with Gasteiger partial charge in [0.25, 0.3) is 0 Å². The van der Waals surface area contributed by atoms with E-state index in [1.54, 1.807) is 27.7 Å². The monoisotopic (exact) mass is 317 g/mol. The molecule has 0 radical (unpaired) electrons. The Balaban J connectivity index is 2.70.